The molecule has 0 heterocycles. The van der Waals surface area contributed by atoms with Crippen LogP contribution in [-0.2, 0) is 10.0 Å². The van der Waals surface area contributed by atoms with Gasteiger partial charge in [0.2, 0.25) is 0 Å². The van der Waals surface area contributed by atoms with Crippen LogP contribution < -0.4 is 14.8 Å². The number of para-hydroxylation sites is 1. The number of methoxy groups -OCH3 is 1. The highest BCUT2D eigenvalue weighted by atomic mass is 35.5. The Morgan fingerprint density at radius 3 is 2.26 bits per heavy atom. The highest BCUT2D eigenvalue weighted by Crippen LogP contribution is 2.37. The summed E-state index contributed by atoms with van der Waals surface area (Å²) in [5.74, 6) is -0.172. The van der Waals surface area contributed by atoms with Crippen molar-refractivity contribution in [1.82, 2.24) is 5.32 Å². The first-order valence-corrected chi connectivity index (χ1v) is 11.5. The van der Waals surface area contributed by atoms with Crippen LogP contribution in [0, 0.1) is 0 Å². The fourth-order valence-corrected chi connectivity index (χ4v) is 4.87. The van der Waals surface area contributed by atoms with Crippen molar-refractivity contribution in [1.29, 1.82) is 0 Å². The molecule has 3 rings (SSSR count). The Kier molecular flexibility index (Phi) is 7.10. The number of halogens is 2. The number of hydrogen-bond acceptors (Lipinski definition) is 4. The number of benzene rings is 3. The first-order chi connectivity index (χ1) is 14.7. The van der Waals surface area contributed by atoms with Crippen LogP contribution in [0.1, 0.15) is 28.9 Å². The second-order valence-corrected chi connectivity index (χ2v) is 9.06. The van der Waals surface area contributed by atoms with E-state index in [1.807, 2.05) is 37.3 Å². The highest BCUT2D eigenvalue weighted by molar-refractivity contribution is 7.92. The summed E-state index contributed by atoms with van der Waals surface area (Å²) in [6.45, 7) is 1.85. The molecule has 0 saturated heterocycles. The van der Waals surface area contributed by atoms with Gasteiger partial charge in [0.15, 0.2) is 0 Å². The van der Waals surface area contributed by atoms with Crippen molar-refractivity contribution in [2.75, 3.05) is 11.8 Å². The molecule has 0 aliphatic heterocycles. The molecular weight excluding hydrogens is 459 g/mol. The topological polar surface area (TPSA) is 84.5 Å². The number of anilines is 1. The van der Waals surface area contributed by atoms with Crippen molar-refractivity contribution in [3.05, 3.63) is 87.9 Å². The molecule has 31 heavy (non-hydrogen) atoms. The Morgan fingerprint density at radius 2 is 1.58 bits per heavy atom. The summed E-state index contributed by atoms with van der Waals surface area (Å²) in [5.41, 5.74) is 1.21. The van der Waals surface area contributed by atoms with Crippen molar-refractivity contribution in [3.63, 3.8) is 0 Å². The van der Waals surface area contributed by atoms with Gasteiger partial charge in [-0.1, -0.05) is 65.7 Å². The molecule has 9 heteroatoms. The fourth-order valence-electron chi connectivity index (χ4n) is 2.95. The third kappa shape index (κ3) is 5.12. The number of ether oxygens (including phenoxy) is 1. The van der Waals surface area contributed by atoms with Crippen molar-refractivity contribution >= 4 is 44.8 Å². The van der Waals surface area contributed by atoms with Gasteiger partial charge in [-0.3, -0.25) is 9.52 Å². The number of rotatable bonds is 7. The summed E-state index contributed by atoms with van der Waals surface area (Å²) in [7, 11) is -2.73. The summed E-state index contributed by atoms with van der Waals surface area (Å²) >= 11 is 12.2. The maximum absolute atomic E-state index is 13.0. The van der Waals surface area contributed by atoms with Crippen molar-refractivity contribution in [2.24, 2.45) is 0 Å². The summed E-state index contributed by atoms with van der Waals surface area (Å²) < 4.78 is 33.4. The van der Waals surface area contributed by atoms with E-state index < -0.39 is 15.9 Å². The van der Waals surface area contributed by atoms with Crippen LogP contribution in [0.15, 0.2) is 71.6 Å². The molecule has 0 saturated carbocycles. The third-order valence-corrected chi connectivity index (χ3v) is 6.97. The van der Waals surface area contributed by atoms with Gasteiger partial charge in [-0.05, 0) is 36.8 Å². The number of carbonyl (C=O) groups excluding carboxylic acids is 1. The predicted molar refractivity (Wildman–Crippen MR) is 123 cm³/mol. The number of amides is 1. The molecule has 0 unspecified atom stereocenters. The molecule has 1 amide bonds. The molecule has 0 fully saturated rings. The molecule has 0 aromatic heterocycles. The lowest BCUT2D eigenvalue weighted by molar-refractivity contribution is 0.0941. The van der Waals surface area contributed by atoms with E-state index in [0.717, 1.165) is 5.56 Å². The van der Waals surface area contributed by atoms with Gasteiger partial charge in [-0.25, -0.2) is 8.42 Å². The van der Waals surface area contributed by atoms with Crippen LogP contribution in [0.4, 0.5) is 5.69 Å². The molecule has 2 N–H and O–H groups in total. The van der Waals surface area contributed by atoms with Crippen LogP contribution in [0.25, 0.3) is 0 Å². The van der Waals surface area contributed by atoms with Crippen molar-refractivity contribution in [2.45, 2.75) is 17.9 Å². The Morgan fingerprint density at radius 1 is 0.935 bits per heavy atom. The number of hydrogen-bond donors (Lipinski definition) is 2. The summed E-state index contributed by atoms with van der Waals surface area (Å²) in [5, 5.41) is 2.68. The lowest BCUT2D eigenvalue weighted by atomic mass is 10.1. The molecule has 1 atom stereocenters. The Bertz CT molecular complexity index is 1200. The van der Waals surface area contributed by atoms with E-state index in [0.29, 0.717) is 0 Å². The zero-order valence-electron chi connectivity index (χ0n) is 16.7. The standard InChI is InChI=1S/C22H20Cl2N2O4S/c1-14(15-8-4-3-5-9-15)25-22(27)16-10-6-7-11-17(16)26-31(28,29)19-13-12-18(30-2)20(23)21(19)24/h3-14,26H,1-2H3,(H,25,27)/t14-/m0/s1. The SMILES string of the molecule is COc1ccc(S(=O)(=O)Nc2ccccc2C(=O)N[C@@H](C)c2ccccc2)c(Cl)c1Cl. The number of nitrogens with one attached hydrogen (secondary N) is 2. The quantitative estimate of drug-likeness (QED) is 0.482. The van der Waals surface area contributed by atoms with Crippen molar-refractivity contribution in [3.8, 4) is 5.75 Å². The normalized spacial score (nSPS) is 12.1. The number of carbonyl (C=O) groups is 1. The first-order valence-electron chi connectivity index (χ1n) is 9.24. The summed E-state index contributed by atoms with van der Waals surface area (Å²) in [4.78, 5) is 12.6. The van der Waals surface area contributed by atoms with Gasteiger partial charge in [0, 0.05) is 0 Å². The van der Waals surface area contributed by atoms with Gasteiger partial charge in [-0.2, -0.15) is 0 Å². The van der Waals surface area contributed by atoms with Crippen LogP contribution in [0.5, 0.6) is 5.75 Å². The average Bonchev–Trinajstić information content (AvgIpc) is 2.76. The van der Waals surface area contributed by atoms with Crippen LogP contribution in [0.2, 0.25) is 10.0 Å². The van der Waals surface area contributed by atoms with Crippen LogP contribution >= 0.6 is 23.2 Å². The minimum Gasteiger partial charge on any atom is -0.495 e. The number of sulfonamides is 1. The van der Waals surface area contributed by atoms with Crippen LogP contribution in [0.3, 0.4) is 0 Å². The van der Waals surface area contributed by atoms with E-state index in [1.54, 1.807) is 12.1 Å². The first kappa shape index (κ1) is 22.9. The molecule has 162 valence electrons. The zero-order chi connectivity index (χ0) is 22.6. The second kappa shape index (κ2) is 9.60. The maximum Gasteiger partial charge on any atom is 0.263 e. The van der Waals surface area contributed by atoms with Gasteiger partial charge in [0.1, 0.15) is 15.7 Å². The second-order valence-electron chi connectivity index (χ2n) is 6.65. The third-order valence-electron chi connectivity index (χ3n) is 4.58. The lowest BCUT2D eigenvalue weighted by Gasteiger charge is -2.17. The van der Waals surface area contributed by atoms with E-state index in [2.05, 4.69) is 10.0 Å². The molecule has 0 aliphatic carbocycles. The Labute approximate surface area is 191 Å². The van der Waals surface area contributed by atoms with Gasteiger partial charge < -0.3 is 10.1 Å². The molecule has 3 aromatic carbocycles. The minimum absolute atomic E-state index is 0.0187. The van der Waals surface area contributed by atoms with Gasteiger partial charge in [-0.15, -0.1) is 0 Å². The Hall–Kier alpha value is -2.74. The van der Waals surface area contributed by atoms with Crippen molar-refractivity contribution < 1.29 is 17.9 Å². The molecule has 6 nitrogen and oxygen atoms in total. The molecule has 0 aliphatic rings. The minimum atomic E-state index is -4.13. The van der Waals surface area contributed by atoms with Gasteiger partial charge in [0.05, 0.1) is 29.4 Å². The van der Waals surface area contributed by atoms with Gasteiger partial charge >= 0.3 is 0 Å². The molecular formula is C22H20Cl2N2O4S. The summed E-state index contributed by atoms with van der Waals surface area (Å²) in [6, 6.07) is 18.2. The van der Waals surface area contributed by atoms with Crippen LogP contribution in [-0.4, -0.2) is 21.4 Å². The zero-order valence-corrected chi connectivity index (χ0v) is 19.1. The Balaban J connectivity index is 1.88. The average molecular weight is 479 g/mol. The molecule has 0 spiro atoms. The smallest absolute Gasteiger partial charge is 0.263 e. The lowest BCUT2D eigenvalue weighted by Crippen LogP contribution is -2.28. The van der Waals surface area contributed by atoms with E-state index in [-0.39, 0.29) is 38.0 Å². The van der Waals surface area contributed by atoms with E-state index >= 15 is 0 Å². The maximum atomic E-state index is 13.0. The van der Waals surface area contributed by atoms with E-state index in [9.17, 15) is 13.2 Å². The monoisotopic (exact) mass is 478 g/mol. The highest BCUT2D eigenvalue weighted by Gasteiger charge is 2.24. The molecule has 3 aromatic rings. The van der Waals surface area contributed by atoms with E-state index in [1.165, 1.54) is 31.4 Å². The largest absolute Gasteiger partial charge is 0.495 e. The van der Waals surface area contributed by atoms with E-state index in [4.69, 9.17) is 27.9 Å². The molecule has 0 bridgehead atoms. The summed E-state index contributed by atoms with van der Waals surface area (Å²) in [6.07, 6.45) is 0. The fraction of sp³-hybridized carbons (Fsp3) is 0.136. The predicted octanol–water partition coefficient (Wildman–Crippen LogP) is 5.29. The molecule has 0 radical (unpaired) electrons. The van der Waals surface area contributed by atoms with Gasteiger partial charge in [0.25, 0.3) is 15.9 Å².